The highest BCUT2D eigenvalue weighted by atomic mass is 16.3. The maximum Gasteiger partial charge on any atom is 0.253 e. The van der Waals surface area contributed by atoms with Crippen LogP contribution >= 0.6 is 0 Å². The summed E-state index contributed by atoms with van der Waals surface area (Å²) in [6, 6.07) is 13.6. The zero-order chi connectivity index (χ0) is 16.5. The van der Waals surface area contributed by atoms with Gasteiger partial charge in [0.25, 0.3) is 11.8 Å². The Kier molecular flexibility index (Phi) is 3.50. The van der Waals surface area contributed by atoms with E-state index in [4.69, 9.17) is 4.42 Å². The Morgan fingerprint density at radius 1 is 1.08 bits per heavy atom. The molecule has 4 rings (SSSR count). The van der Waals surface area contributed by atoms with Crippen molar-refractivity contribution in [1.29, 1.82) is 0 Å². The van der Waals surface area contributed by atoms with Crippen molar-refractivity contribution < 1.29 is 14.0 Å². The second kappa shape index (κ2) is 5.81. The minimum atomic E-state index is -0.290. The van der Waals surface area contributed by atoms with Crippen molar-refractivity contribution in [3.8, 4) is 0 Å². The van der Waals surface area contributed by atoms with Crippen LogP contribution in [0.1, 0.15) is 12.0 Å². The molecule has 118 valence electrons. The molecule has 2 heterocycles. The summed E-state index contributed by atoms with van der Waals surface area (Å²) in [5.74, 6) is -0.548. The van der Waals surface area contributed by atoms with E-state index in [0.29, 0.717) is 13.0 Å². The lowest BCUT2D eigenvalue weighted by Gasteiger charge is -2.19. The van der Waals surface area contributed by atoms with E-state index >= 15 is 0 Å². The van der Waals surface area contributed by atoms with E-state index in [0.717, 1.165) is 27.5 Å². The first kappa shape index (κ1) is 14.5. The van der Waals surface area contributed by atoms with Gasteiger partial charge in [-0.25, -0.2) is 0 Å². The topological polar surface area (TPSA) is 50.5 Å². The average Bonchev–Trinajstić information content (AvgIpc) is 2.98. The zero-order valence-electron chi connectivity index (χ0n) is 12.9. The average molecular weight is 317 g/mol. The predicted octanol–water partition coefficient (Wildman–Crippen LogP) is 3.91. The normalized spacial score (nSPS) is 15.0. The van der Waals surface area contributed by atoms with Gasteiger partial charge < -0.3 is 4.42 Å². The van der Waals surface area contributed by atoms with Gasteiger partial charge in [-0.15, -0.1) is 0 Å². The first-order chi connectivity index (χ1) is 11.7. The summed E-state index contributed by atoms with van der Waals surface area (Å²) < 4.78 is 5.79. The fourth-order valence-electron chi connectivity index (χ4n) is 2.91. The van der Waals surface area contributed by atoms with E-state index in [1.54, 1.807) is 12.2 Å². The third kappa shape index (κ3) is 2.52. The van der Waals surface area contributed by atoms with Crippen molar-refractivity contribution >= 4 is 39.8 Å². The number of carbonyl (C=O) groups excluding carboxylic acids is 2. The maximum atomic E-state index is 12.2. The number of nitrogens with zero attached hydrogens (tertiary/aromatic N) is 1. The van der Waals surface area contributed by atoms with Gasteiger partial charge in [-0.2, -0.15) is 0 Å². The maximum absolute atomic E-state index is 12.2. The summed E-state index contributed by atoms with van der Waals surface area (Å²) in [4.78, 5) is 25.1. The molecule has 1 aliphatic rings. The number of furan rings is 1. The molecular weight excluding hydrogens is 302 g/mol. The van der Waals surface area contributed by atoms with E-state index in [2.05, 4.69) is 0 Å². The van der Waals surface area contributed by atoms with Crippen LogP contribution in [-0.4, -0.2) is 23.3 Å². The largest absolute Gasteiger partial charge is 0.456 e. The standard InChI is InChI=1S/C20H15NO3/c22-19-7-3-4-12-21(19)20(23)11-9-14-8-10-18-16(13-14)15-5-1-2-6-17(15)24-18/h1-3,5-11,13H,4,12H2/b11-9+. The molecule has 0 saturated heterocycles. The molecule has 0 unspecified atom stereocenters. The minimum absolute atomic E-state index is 0.257. The summed E-state index contributed by atoms with van der Waals surface area (Å²) >= 11 is 0. The third-order valence-corrected chi connectivity index (χ3v) is 4.13. The van der Waals surface area contributed by atoms with Gasteiger partial charge in [-0.05, 0) is 42.3 Å². The number of fused-ring (bicyclic) bond motifs is 3. The highest BCUT2D eigenvalue weighted by Gasteiger charge is 2.18. The molecule has 0 fully saturated rings. The summed E-state index contributed by atoms with van der Waals surface area (Å²) in [6.07, 6.45) is 7.11. The lowest BCUT2D eigenvalue weighted by molar-refractivity contribution is -0.139. The molecule has 3 aromatic rings. The van der Waals surface area contributed by atoms with Gasteiger partial charge in [-0.3, -0.25) is 14.5 Å². The molecule has 2 amide bonds. The summed E-state index contributed by atoms with van der Waals surface area (Å²) in [5.41, 5.74) is 2.55. The molecule has 24 heavy (non-hydrogen) atoms. The first-order valence-electron chi connectivity index (χ1n) is 7.84. The zero-order valence-corrected chi connectivity index (χ0v) is 12.9. The van der Waals surface area contributed by atoms with Gasteiger partial charge in [0.1, 0.15) is 11.2 Å². The molecule has 0 radical (unpaired) electrons. The van der Waals surface area contributed by atoms with Crippen molar-refractivity contribution in [3.63, 3.8) is 0 Å². The highest BCUT2D eigenvalue weighted by Crippen LogP contribution is 2.29. The Morgan fingerprint density at radius 2 is 1.92 bits per heavy atom. The number of rotatable bonds is 2. The van der Waals surface area contributed by atoms with Gasteiger partial charge in [0.05, 0.1) is 0 Å². The Labute approximate surface area is 138 Å². The molecule has 1 aromatic heterocycles. The van der Waals surface area contributed by atoms with Crippen molar-refractivity contribution in [2.75, 3.05) is 6.54 Å². The molecule has 0 atom stereocenters. The van der Waals surface area contributed by atoms with Crippen molar-refractivity contribution in [2.24, 2.45) is 0 Å². The molecule has 0 aliphatic carbocycles. The molecule has 1 aliphatic heterocycles. The SMILES string of the molecule is O=C1C=CCCN1C(=O)/C=C/c1ccc2oc3ccccc3c2c1. The molecule has 4 heteroatoms. The second-order valence-corrected chi connectivity index (χ2v) is 5.71. The lowest BCUT2D eigenvalue weighted by atomic mass is 10.1. The Hall–Kier alpha value is -3.14. The fourth-order valence-corrected chi connectivity index (χ4v) is 2.91. The van der Waals surface area contributed by atoms with Gasteiger partial charge in [0.2, 0.25) is 0 Å². The minimum Gasteiger partial charge on any atom is -0.456 e. The summed E-state index contributed by atoms with van der Waals surface area (Å²) in [7, 11) is 0. The van der Waals surface area contributed by atoms with Crippen LogP contribution in [0, 0.1) is 0 Å². The van der Waals surface area contributed by atoms with Gasteiger partial charge in [0, 0.05) is 23.4 Å². The molecule has 2 aromatic carbocycles. The van der Waals surface area contributed by atoms with Crippen LogP contribution in [-0.2, 0) is 9.59 Å². The van der Waals surface area contributed by atoms with Crippen LogP contribution in [0.4, 0.5) is 0 Å². The van der Waals surface area contributed by atoms with Crippen LogP contribution < -0.4 is 0 Å². The monoisotopic (exact) mass is 317 g/mol. The predicted molar refractivity (Wildman–Crippen MR) is 93.2 cm³/mol. The number of imide groups is 1. The number of hydrogen-bond donors (Lipinski definition) is 0. The van der Waals surface area contributed by atoms with Crippen LogP contribution in [0.2, 0.25) is 0 Å². The highest BCUT2D eigenvalue weighted by molar-refractivity contribution is 6.08. The number of benzene rings is 2. The molecule has 0 N–H and O–H groups in total. The lowest BCUT2D eigenvalue weighted by Crippen LogP contribution is -2.37. The van der Waals surface area contributed by atoms with E-state index in [1.165, 1.54) is 17.1 Å². The second-order valence-electron chi connectivity index (χ2n) is 5.71. The quantitative estimate of drug-likeness (QED) is 0.673. The molecule has 4 nitrogen and oxygen atoms in total. The first-order valence-corrected chi connectivity index (χ1v) is 7.84. The van der Waals surface area contributed by atoms with Crippen molar-refractivity contribution in [3.05, 3.63) is 66.3 Å². The number of hydrogen-bond acceptors (Lipinski definition) is 3. The van der Waals surface area contributed by atoms with Gasteiger partial charge in [-0.1, -0.05) is 30.3 Å². The summed E-state index contributed by atoms with van der Waals surface area (Å²) in [5, 5.41) is 2.06. The molecule has 0 spiro atoms. The Bertz CT molecular complexity index is 1010. The Balaban J connectivity index is 1.64. The van der Waals surface area contributed by atoms with Crippen LogP contribution in [0.5, 0.6) is 0 Å². The Morgan fingerprint density at radius 3 is 2.79 bits per heavy atom. The van der Waals surface area contributed by atoms with E-state index in [9.17, 15) is 9.59 Å². The van der Waals surface area contributed by atoms with Crippen molar-refractivity contribution in [2.45, 2.75) is 6.42 Å². The van der Waals surface area contributed by atoms with Crippen LogP contribution in [0.15, 0.2) is 65.1 Å². The third-order valence-electron chi connectivity index (χ3n) is 4.13. The van der Waals surface area contributed by atoms with E-state index < -0.39 is 0 Å². The molecule has 0 bridgehead atoms. The van der Waals surface area contributed by atoms with Crippen LogP contribution in [0.25, 0.3) is 28.0 Å². The van der Waals surface area contributed by atoms with Gasteiger partial charge in [0.15, 0.2) is 0 Å². The van der Waals surface area contributed by atoms with Gasteiger partial charge >= 0.3 is 0 Å². The van der Waals surface area contributed by atoms with E-state index in [1.807, 2.05) is 42.5 Å². The van der Waals surface area contributed by atoms with Crippen molar-refractivity contribution in [1.82, 2.24) is 4.90 Å². The smallest absolute Gasteiger partial charge is 0.253 e. The van der Waals surface area contributed by atoms with Crippen LogP contribution in [0.3, 0.4) is 0 Å². The fraction of sp³-hybridized carbons (Fsp3) is 0.100. The van der Waals surface area contributed by atoms with E-state index in [-0.39, 0.29) is 11.8 Å². The molecular formula is C20H15NO3. The number of para-hydroxylation sites is 1. The summed E-state index contributed by atoms with van der Waals surface area (Å²) in [6.45, 7) is 0.434. The number of carbonyl (C=O) groups is 2. The molecule has 0 saturated carbocycles. The number of amides is 2.